The van der Waals surface area contributed by atoms with Crippen molar-refractivity contribution < 1.29 is 9.59 Å². The summed E-state index contributed by atoms with van der Waals surface area (Å²) >= 11 is 0. The lowest BCUT2D eigenvalue weighted by Crippen LogP contribution is -2.36. The average molecular weight is 357 g/mol. The van der Waals surface area contributed by atoms with E-state index < -0.39 is 0 Å². The fourth-order valence-corrected chi connectivity index (χ4v) is 4.30. The molecule has 2 amide bonds. The van der Waals surface area contributed by atoms with E-state index in [0.717, 1.165) is 43.5 Å². The van der Waals surface area contributed by atoms with Gasteiger partial charge in [-0.1, -0.05) is 31.4 Å². The van der Waals surface area contributed by atoms with Crippen LogP contribution in [0.2, 0.25) is 0 Å². The number of nitrogens with zero attached hydrogens (tertiary/aromatic N) is 1. The molecule has 0 spiro atoms. The lowest BCUT2D eigenvalue weighted by molar-refractivity contribution is -0.133. The van der Waals surface area contributed by atoms with E-state index >= 15 is 0 Å². The monoisotopic (exact) mass is 357 g/mol. The molecular formula is C21H31N3O2. The van der Waals surface area contributed by atoms with E-state index in [1.165, 1.54) is 19.3 Å². The molecule has 1 aromatic rings. The number of benzene rings is 1. The molecule has 26 heavy (non-hydrogen) atoms. The van der Waals surface area contributed by atoms with Gasteiger partial charge in [0.2, 0.25) is 11.8 Å². The van der Waals surface area contributed by atoms with Gasteiger partial charge in [0.1, 0.15) is 0 Å². The topological polar surface area (TPSA) is 75.4 Å². The first-order chi connectivity index (χ1) is 12.6. The van der Waals surface area contributed by atoms with Gasteiger partial charge in [0.25, 0.3) is 0 Å². The van der Waals surface area contributed by atoms with Crippen LogP contribution in [0, 0.1) is 5.41 Å². The molecule has 1 aromatic carbocycles. The third-order valence-electron chi connectivity index (χ3n) is 5.89. The van der Waals surface area contributed by atoms with E-state index in [4.69, 9.17) is 5.73 Å². The quantitative estimate of drug-likeness (QED) is 0.819. The Balaban J connectivity index is 1.59. The highest BCUT2D eigenvalue weighted by molar-refractivity contribution is 5.91. The number of nitrogens with two attached hydrogens (primary N) is 1. The van der Waals surface area contributed by atoms with Crippen molar-refractivity contribution in [2.24, 2.45) is 11.1 Å². The number of carbonyl (C=O) groups excluding carboxylic acids is 2. The third kappa shape index (κ3) is 4.85. The zero-order chi connectivity index (χ0) is 18.4. The maximum atomic E-state index is 12.6. The van der Waals surface area contributed by atoms with Crippen molar-refractivity contribution in [3.63, 3.8) is 0 Å². The number of nitrogens with one attached hydrogen (secondary N) is 1. The molecule has 1 aliphatic heterocycles. The predicted molar refractivity (Wildman–Crippen MR) is 104 cm³/mol. The van der Waals surface area contributed by atoms with Gasteiger partial charge in [-0.05, 0) is 55.3 Å². The zero-order valence-corrected chi connectivity index (χ0v) is 15.6. The van der Waals surface area contributed by atoms with Crippen LogP contribution >= 0.6 is 0 Å². The van der Waals surface area contributed by atoms with Crippen LogP contribution in [-0.4, -0.2) is 29.8 Å². The summed E-state index contributed by atoms with van der Waals surface area (Å²) in [4.78, 5) is 26.5. The number of hydrogen-bond donors (Lipinski definition) is 2. The minimum Gasteiger partial charge on any atom is -0.338 e. The van der Waals surface area contributed by atoms with E-state index in [0.29, 0.717) is 25.9 Å². The van der Waals surface area contributed by atoms with Gasteiger partial charge in [-0.2, -0.15) is 0 Å². The molecule has 3 rings (SSSR count). The number of rotatable bonds is 6. The molecule has 0 atom stereocenters. The van der Waals surface area contributed by atoms with Crippen LogP contribution in [-0.2, 0) is 16.1 Å². The van der Waals surface area contributed by atoms with Gasteiger partial charge >= 0.3 is 0 Å². The van der Waals surface area contributed by atoms with Crippen molar-refractivity contribution in [3.05, 3.63) is 29.8 Å². The summed E-state index contributed by atoms with van der Waals surface area (Å²) in [6, 6.07) is 7.85. The fraction of sp³-hybridized carbons (Fsp3) is 0.619. The van der Waals surface area contributed by atoms with Crippen molar-refractivity contribution in [1.82, 2.24) is 4.90 Å². The van der Waals surface area contributed by atoms with Crippen LogP contribution in [0.3, 0.4) is 0 Å². The highest BCUT2D eigenvalue weighted by Gasteiger charge is 2.33. The number of likely N-dealkylation sites (tertiary alicyclic amines) is 1. The molecule has 1 aliphatic carbocycles. The van der Waals surface area contributed by atoms with E-state index in [9.17, 15) is 9.59 Å². The van der Waals surface area contributed by atoms with Crippen molar-refractivity contribution >= 4 is 17.5 Å². The Morgan fingerprint density at radius 3 is 2.69 bits per heavy atom. The SMILES string of the molecule is NCC1(CC(=O)Nc2cccc(CN3CCCCC3=O)c2)CCCCC1. The molecule has 1 saturated heterocycles. The van der Waals surface area contributed by atoms with Gasteiger partial charge in [-0.25, -0.2) is 0 Å². The van der Waals surface area contributed by atoms with E-state index in [1.54, 1.807) is 0 Å². The van der Waals surface area contributed by atoms with Gasteiger partial charge in [0.05, 0.1) is 0 Å². The minimum atomic E-state index is -0.0276. The molecule has 0 aromatic heterocycles. The molecule has 0 radical (unpaired) electrons. The molecular weight excluding hydrogens is 326 g/mol. The summed E-state index contributed by atoms with van der Waals surface area (Å²) in [6.45, 7) is 2.03. The lowest BCUT2D eigenvalue weighted by atomic mass is 9.71. The standard InChI is InChI=1S/C21H31N3O2/c22-16-21(10-3-1-4-11-21)14-19(25)23-18-8-6-7-17(13-18)15-24-12-5-2-9-20(24)26/h6-8,13H,1-5,9-12,14-16,22H2,(H,23,25). The molecule has 2 aliphatic rings. The second kappa shape index (κ2) is 8.67. The van der Waals surface area contributed by atoms with Gasteiger partial charge < -0.3 is 16.0 Å². The third-order valence-corrected chi connectivity index (χ3v) is 5.89. The first kappa shape index (κ1) is 18.9. The predicted octanol–water partition coefficient (Wildman–Crippen LogP) is 3.44. The smallest absolute Gasteiger partial charge is 0.224 e. The Bertz CT molecular complexity index is 638. The van der Waals surface area contributed by atoms with Crippen LogP contribution in [0.5, 0.6) is 0 Å². The molecule has 5 heteroatoms. The second-order valence-electron chi connectivity index (χ2n) is 7.96. The van der Waals surface area contributed by atoms with E-state index in [-0.39, 0.29) is 17.2 Å². The minimum absolute atomic E-state index is 0.0276. The Morgan fingerprint density at radius 2 is 1.96 bits per heavy atom. The van der Waals surface area contributed by atoms with E-state index in [1.807, 2.05) is 29.2 Å². The van der Waals surface area contributed by atoms with Crippen LogP contribution in [0.1, 0.15) is 63.4 Å². The van der Waals surface area contributed by atoms with Gasteiger partial charge in [0, 0.05) is 31.6 Å². The summed E-state index contributed by atoms with van der Waals surface area (Å²) in [5.74, 6) is 0.274. The van der Waals surface area contributed by atoms with Gasteiger partial charge in [-0.15, -0.1) is 0 Å². The number of piperidine rings is 1. The molecule has 142 valence electrons. The molecule has 0 unspecified atom stereocenters. The summed E-state index contributed by atoms with van der Waals surface area (Å²) in [6.07, 6.45) is 8.91. The number of carbonyl (C=O) groups is 2. The van der Waals surface area contributed by atoms with Crippen LogP contribution in [0.4, 0.5) is 5.69 Å². The Hall–Kier alpha value is -1.88. The summed E-state index contributed by atoms with van der Waals surface area (Å²) in [5.41, 5.74) is 7.84. The van der Waals surface area contributed by atoms with Crippen LogP contribution in [0.15, 0.2) is 24.3 Å². The maximum absolute atomic E-state index is 12.6. The van der Waals surface area contributed by atoms with Crippen molar-refractivity contribution in [3.8, 4) is 0 Å². The number of hydrogen-bond acceptors (Lipinski definition) is 3. The molecule has 5 nitrogen and oxygen atoms in total. The molecule has 0 bridgehead atoms. The normalized spacial score (nSPS) is 20.0. The summed E-state index contributed by atoms with van der Waals surface area (Å²) in [7, 11) is 0. The first-order valence-corrected chi connectivity index (χ1v) is 9.97. The number of amides is 2. The van der Waals surface area contributed by atoms with Crippen molar-refractivity contribution in [2.75, 3.05) is 18.4 Å². The zero-order valence-electron chi connectivity index (χ0n) is 15.6. The Labute approximate surface area is 156 Å². The van der Waals surface area contributed by atoms with Crippen molar-refractivity contribution in [2.45, 2.75) is 64.3 Å². The first-order valence-electron chi connectivity index (χ1n) is 9.97. The van der Waals surface area contributed by atoms with Gasteiger partial charge in [-0.3, -0.25) is 9.59 Å². The van der Waals surface area contributed by atoms with Crippen LogP contribution in [0.25, 0.3) is 0 Å². The Morgan fingerprint density at radius 1 is 1.15 bits per heavy atom. The lowest BCUT2D eigenvalue weighted by Gasteiger charge is -2.35. The second-order valence-corrected chi connectivity index (χ2v) is 7.96. The largest absolute Gasteiger partial charge is 0.338 e. The average Bonchev–Trinajstić information content (AvgIpc) is 2.64. The molecule has 1 heterocycles. The summed E-state index contributed by atoms with van der Waals surface area (Å²) < 4.78 is 0. The van der Waals surface area contributed by atoms with Crippen molar-refractivity contribution in [1.29, 1.82) is 0 Å². The molecule has 1 saturated carbocycles. The highest BCUT2D eigenvalue weighted by Crippen LogP contribution is 2.38. The van der Waals surface area contributed by atoms with E-state index in [2.05, 4.69) is 5.32 Å². The summed E-state index contributed by atoms with van der Waals surface area (Å²) in [5, 5.41) is 3.04. The highest BCUT2D eigenvalue weighted by atomic mass is 16.2. The fourth-order valence-electron chi connectivity index (χ4n) is 4.30. The maximum Gasteiger partial charge on any atom is 0.224 e. The van der Waals surface area contributed by atoms with Gasteiger partial charge in [0.15, 0.2) is 0 Å². The van der Waals surface area contributed by atoms with Crippen LogP contribution < -0.4 is 11.1 Å². The molecule has 2 fully saturated rings. The molecule has 3 N–H and O–H groups in total. The number of anilines is 1. The Kier molecular flexibility index (Phi) is 6.30.